The fourth-order valence-electron chi connectivity index (χ4n) is 1.14. The fraction of sp³-hybridized carbons (Fsp3) is 0.250. The van der Waals surface area contributed by atoms with E-state index in [9.17, 15) is 15.1 Å². The molecule has 4 nitrogen and oxygen atoms in total. The molecule has 0 radical (unpaired) electrons. The third-order valence-electron chi connectivity index (χ3n) is 1.78. The summed E-state index contributed by atoms with van der Waals surface area (Å²) in [6, 6.07) is 4.60. The van der Waals surface area contributed by atoms with Crippen molar-refractivity contribution < 1.29 is 9.95 Å². The molecule has 13 heavy (non-hydrogen) atoms. The van der Waals surface area contributed by atoms with Gasteiger partial charge < -0.3 is 5.02 Å². The van der Waals surface area contributed by atoms with Crippen LogP contribution in [0.5, 0.6) is 0 Å². The quantitative estimate of drug-likeness (QED) is 0.413. The minimum atomic E-state index is -0.668. The number of nitro groups is 1. The Morgan fingerprint density at radius 1 is 1.46 bits per heavy atom. The van der Waals surface area contributed by atoms with Gasteiger partial charge in [0.25, 0.3) is 5.69 Å². The van der Waals surface area contributed by atoms with E-state index in [2.05, 4.69) is 0 Å². The Balaban J connectivity index is 3.19. The lowest BCUT2D eigenvalue weighted by atomic mass is 9.64. The summed E-state index contributed by atoms with van der Waals surface area (Å²) in [5.74, 6) is 0. The summed E-state index contributed by atoms with van der Waals surface area (Å²) in [4.78, 5) is 9.99. The van der Waals surface area contributed by atoms with E-state index in [0.29, 0.717) is 5.46 Å². The molecule has 1 N–H and O–H groups in total. The lowest BCUT2D eigenvalue weighted by molar-refractivity contribution is -0.384. The zero-order valence-electron chi connectivity index (χ0n) is 7.52. The van der Waals surface area contributed by atoms with E-state index in [1.165, 1.54) is 12.1 Å². The lowest BCUT2D eigenvalue weighted by Gasteiger charge is -2.02. The lowest BCUT2D eigenvalue weighted by Crippen LogP contribution is -2.26. The number of non-ortho nitro benzene ring substituents is 1. The van der Waals surface area contributed by atoms with Crippen molar-refractivity contribution in [3.05, 3.63) is 33.9 Å². The van der Waals surface area contributed by atoms with E-state index in [1.54, 1.807) is 19.8 Å². The monoisotopic (exact) mass is 179 g/mol. The maximum absolute atomic E-state index is 10.5. The SMILES string of the molecule is CB(O)c1cc(C)cc([N+](=O)[O-])c1. The number of rotatable bonds is 2. The highest BCUT2D eigenvalue weighted by Gasteiger charge is 2.13. The van der Waals surface area contributed by atoms with Gasteiger partial charge in [-0.15, -0.1) is 0 Å². The van der Waals surface area contributed by atoms with Crippen LogP contribution in [0.25, 0.3) is 0 Å². The van der Waals surface area contributed by atoms with Crippen molar-refractivity contribution >= 4 is 18.1 Å². The Kier molecular flexibility index (Phi) is 2.68. The molecule has 1 rings (SSSR count). The summed E-state index contributed by atoms with van der Waals surface area (Å²) in [5.41, 5.74) is 1.38. The minimum absolute atomic E-state index is 0.0240. The highest BCUT2D eigenvalue weighted by atomic mass is 16.6. The largest absolute Gasteiger partial charge is 0.446 e. The molecular weight excluding hydrogens is 169 g/mol. The molecule has 5 heteroatoms. The minimum Gasteiger partial charge on any atom is -0.446 e. The van der Waals surface area contributed by atoms with Gasteiger partial charge in [-0.2, -0.15) is 0 Å². The van der Waals surface area contributed by atoms with Crippen LogP contribution in [0.1, 0.15) is 5.56 Å². The summed E-state index contributed by atoms with van der Waals surface area (Å²) < 4.78 is 0. The molecule has 1 aromatic rings. The van der Waals surface area contributed by atoms with E-state index >= 15 is 0 Å². The molecule has 0 aliphatic rings. The van der Waals surface area contributed by atoms with Crippen molar-refractivity contribution in [2.24, 2.45) is 0 Å². The van der Waals surface area contributed by atoms with E-state index in [1.807, 2.05) is 0 Å². The first-order valence-electron chi connectivity index (χ1n) is 3.95. The maximum Gasteiger partial charge on any atom is 0.320 e. The Morgan fingerprint density at radius 3 is 2.54 bits per heavy atom. The Hall–Kier alpha value is -1.36. The van der Waals surface area contributed by atoms with Gasteiger partial charge in [0, 0.05) is 12.1 Å². The smallest absolute Gasteiger partial charge is 0.320 e. The van der Waals surface area contributed by atoms with Gasteiger partial charge in [0.1, 0.15) is 0 Å². The fourth-order valence-corrected chi connectivity index (χ4v) is 1.14. The van der Waals surface area contributed by atoms with Gasteiger partial charge in [-0.25, -0.2) is 0 Å². The van der Waals surface area contributed by atoms with E-state index in [-0.39, 0.29) is 5.69 Å². The average Bonchev–Trinajstić information content (AvgIpc) is 2.03. The molecule has 0 atom stereocenters. The van der Waals surface area contributed by atoms with E-state index < -0.39 is 11.8 Å². The topological polar surface area (TPSA) is 63.4 Å². The maximum atomic E-state index is 10.5. The highest BCUT2D eigenvalue weighted by molar-refractivity contribution is 6.64. The summed E-state index contributed by atoms with van der Waals surface area (Å²) in [5, 5.41) is 19.7. The second-order valence-corrected chi connectivity index (χ2v) is 3.03. The second kappa shape index (κ2) is 3.57. The van der Waals surface area contributed by atoms with Crippen LogP contribution in [0.3, 0.4) is 0 Å². The van der Waals surface area contributed by atoms with Gasteiger partial charge in [-0.05, 0) is 17.9 Å². The van der Waals surface area contributed by atoms with Crippen LogP contribution < -0.4 is 5.46 Å². The first-order valence-corrected chi connectivity index (χ1v) is 3.95. The molecule has 0 saturated carbocycles. The zero-order chi connectivity index (χ0) is 10.0. The Labute approximate surface area is 76.5 Å². The van der Waals surface area contributed by atoms with E-state index in [4.69, 9.17) is 0 Å². The molecule has 0 aromatic heterocycles. The Bertz CT molecular complexity index is 338. The molecule has 0 bridgehead atoms. The number of nitro benzene ring substituents is 1. The van der Waals surface area contributed by atoms with Gasteiger partial charge in [-0.3, -0.25) is 10.1 Å². The van der Waals surface area contributed by atoms with Crippen LogP contribution in [0.15, 0.2) is 18.2 Å². The number of nitrogens with zero attached hydrogens (tertiary/aromatic N) is 1. The molecule has 0 unspecified atom stereocenters. The third-order valence-corrected chi connectivity index (χ3v) is 1.78. The first-order chi connectivity index (χ1) is 6.00. The van der Waals surface area contributed by atoms with Crippen molar-refractivity contribution in [2.45, 2.75) is 13.7 Å². The van der Waals surface area contributed by atoms with Crippen molar-refractivity contribution in [3.8, 4) is 0 Å². The Morgan fingerprint density at radius 2 is 2.08 bits per heavy atom. The highest BCUT2D eigenvalue weighted by Crippen LogP contribution is 2.11. The van der Waals surface area contributed by atoms with Crippen molar-refractivity contribution in [2.75, 3.05) is 0 Å². The summed E-state index contributed by atoms with van der Waals surface area (Å²) in [7, 11) is 0. The summed E-state index contributed by atoms with van der Waals surface area (Å²) in [6.07, 6.45) is 0. The van der Waals surface area contributed by atoms with Gasteiger partial charge in [0.15, 0.2) is 0 Å². The molecule has 0 spiro atoms. The molecule has 0 amide bonds. The van der Waals surface area contributed by atoms with Crippen molar-refractivity contribution in [1.82, 2.24) is 0 Å². The van der Waals surface area contributed by atoms with Gasteiger partial charge in [-0.1, -0.05) is 12.9 Å². The van der Waals surface area contributed by atoms with Crippen LogP contribution in [0.4, 0.5) is 5.69 Å². The van der Waals surface area contributed by atoms with Crippen molar-refractivity contribution in [1.29, 1.82) is 0 Å². The second-order valence-electron chi connectivity index (χ2n) is 3.03. The molecule has 0 fully saturated rings. The predicted octanol–water partition coefficient (Wildman–Crippen LogP) is 0.724. The van der Waals surface area contributed by atoms with Crippen LogP contribution in [-0.4, -0.2) is 16.9 Å². The molecule has 0 aliphatic carbocycles. The number of aryl methyl sites for hydroxylation is 1. The molecule has 68 valence electrons. The normalized spacial score (nSPS) is 9.77. The van der Waals surface area contributed by atoms with Gasteiger partial charge in [0.05, 0.1) is 4.92 Å². The van der Waals surface area contributed by atoms with Gasteiger partial charge >= 0.3 is 6.92 Å². The number of benzene rings is 1. The van der Waals surface area contributed by atoms with Crippen LogP contribution >= 0.6 is 0 Å². The standard InChI is InChI=1S/C8H10BNO3/c1-6-3-7(9(2)11)5-8(4-6)10(12)13/h3-5,11H,1-2H3. The van der Waals surface area contributed by atoms with E-state index in [0.717, 1.165) is 5.56 Å². The molecule has 1 aromatic carbocycles. The average molecular weight is 179 g/mol. The van der Waals surface area contributed by atoms with Crippen LogP contribution in [0, 0.1) is 17.0 Å². The summed E-state index contributed by atoms with van der Waals surface area (Å²) in [6.45, 7) is 2.68. The third kappa shape index (κ3) is 2.29. The molecule has 0 aliphatic heterocycles. The first kappa shape index (κ1) is 9.73. The number of hydrogen-bond acceptors (Lipinski definition) is 3. The zero-order valence-corrected chi connectivity index (χ0v) is 7.52. The van der Waals surface area contributed by atoms with Gasteiger partial charge in [0.2, 0.25) is 0 Å². The molecule has 0 saturated heterocycles. The van der Waals surface area contributed by atoms with Crippen LogP contribution in [0.2, 0.25) is 6.82 Å². The number of hydrogen-bond donors (Lipinski definition) is 1. The summed E-state index contributed by atoms with van der Waals surface area (Å²) >= 11 is 0. The van der Waals surface area contributed by atoms with Crippen LogP contribution in [-0.2, 0) is 0 Å². The molecule has 0 heterocycles. The predicted molar refractivity (Wildman–Crippen MR) is 51.3 cm³/mol. The molecular formula is C8H10BNO3. The van der Waals surface area contributed by atoms with Crippen molar-refractivity contribution in [3.63, 3.8) is 0 Å².